The number of aromatic nitrogens is 1. The lowest BCUT2D eigenvalue weighted by molar-refractivity contribution is -0.00444. The van der Waals surface area contributed by atoms with Gasteiger partial charge in [-0.3, -0.25) is 4.79 Å². The van der Waals surface area contributed by atoms with Gasteiger partial charge in [-0.2, -0.15) is 0 Å². The Labute approximate surface area is 120 Å². The number of hydrogen-bond acceptors (Lipinski definition) is 2. The third-order valence-electron chi connectivity index (χ3n) is 6.14. The van der Waals surface area contributed by atoms with Crippen LogP contribution in [-0.2, 0) is 6.54 Å². The zero-order valence-corrected chi connectivity index (χ0v) is 12.2. The second kappa shape index (κ2) is 4.45. The first-order valence-corrected chi connectivity index (χ1v) is 8.08. The van der Waals surface area contributed by atoms with Crippen LogP contribution in [0.25, 0.3) is 0 Å². The molecule has 4 aliphatic carbocycles. The number of H-pyrrole nitrogens is 1. The van der Waals surface area contributed by atoms with Gasteiger partial charge in [0.1, 0.15) is 0 Å². The Morgan fingerprint density at radius 2 is 1.75 bits per heavy atom. The molecule has 3 nitrogen and oxygen atoms in total. The van der Waals surface area contributed by atoms with E-state index < -0.39 is 0 Å². The first-order valence-electron chi connectivity index (χ1n) is 8.08. The molecule has 4 bridgehead atoms. The zero-order chi connectivity index (χ0) is 13.9. The molecule has 4 aliphatic rings. The van der Waals surface area contributed by atoms with Crippen molar-refractivity contribution in [1.82, 2.24) is 4.98 Å². The van der Waals surface area contributed by atoms with Gasteiger partial charge in [0, 0.05) is 23.7 Å². The molecule has 0 aromatic carbocycles. The number of aromatic amines is 1. The summed E-state index contributed by atoms with van der Waals surface area (Å²) in [5.41, 5.74) is 8.85. The highest BCUT2D eigenvalue weighted by Crippen LogP contribution is 2.59. The molecule has 5 rings (SSSR count). The van der Waals surface area contributed by atoms with Crippen molar-refractivity contribution in [3.8, 4) is 0 Å². The number of pyridine rings is 1. The number of rotatable bonds is 2. The van der Waals surface area contributed by atoms with Gasteiger partial charge >= 0.3 is 0 Å². The molecule has 108 valence electrons. The highest BCUT2D eigenvalue weighted by atomic mass is 16.1. The van der Waals surface area contributed by atoms with Gasteiger partial charge < -0.3 is 10.7 Å². The van der Waals surface area contributed by atoms with Crippen molar-refractivity contribution in [2.75, 3.05) is 0 Å². The lowest BCUT2D eigenvalue weighted by Crippen LogP contribution is -2.44. The van der Waals surface area contributed by atoms with Crippen LogP contribution in [0.15, 0.2) is 10.9 Å². The minimum absolute atomic E-state index is 0.0295. The van der Waals surface area contributed by atoms with Crippen molar-refractivity contribution in [2.45, 2.75) is 51.5 Å². The monoisotopic (exact) mass is 272 g/mol. The van der Waals surface area contributed by atoms with Gasteiger partial charge in [0.15, 0.2) is 0 Å². The van der Waals surface area contributed by atoms with Crippen molar-refractivity contribution in [3.63, 3.8) is 0 Å². The third-order valence-corrected chi connectivity index (χ3v) is 6.14. The standard InChI is InChI=1S/C17H24N2O/c1-9-2-14(8-18)17(20)19-16(9)15-12-4-10-3-11(6-12)7-13(15)5-10/h2,10-13,15H,3-8,18H2,1H3,(H,19,20). The summed E-state index contributed by atoms with van der Waals surface area (Å²) in [6.45, 7) is 2.47. The molecule has 0 spiro atoms. The van der Waals surface area contributed by atoms with Crippen LogP contribution in [0.4, 0.5) is 0 Å². The Morgan fingerprint density at radius 3 is 2.30 bits per heavy atom. The summed E-state index contributed by atoms with van der Waals surface area (Å²) in [6, 6.07) is 2.01. The van der Waals surface area contributed by atoms with Gasteiger partial charge in [-0.05, 0) is 74.3 Å². The summed E-state index contributed by atoms with van der Waals surface area (Å²) in [4.78, 5) is 15.3. The summed E-state index contributed by atoms with van der Waals surface area (Å²) in [5, 5.41) is 0. The van der Waals surface area contributed by atoms with Gasteiger partial charge in [0.2, 0.25) is 0 Å². The fourth-order valence-corrected chi connectivity index (χ4v) is 5.60. The quantitative estimate of drug-likeness (QED) is 0.869. The van der Waals surface area contributed by atoms with E-state index in [1.165, 1.54) is 43.4 Å². The Hall–Kier alpha value is -1.09. The lowest BCUT2D eigenvalue weighted by atomic mass is 9.51. The maximum atomic E-state index is 12.1. The summed E-state index contributed by atoms with van der Waals surface area (Å²) >= 11 is 0. The van der Waals surface area contributed by atoms with Gasteiger partial charge in [-0.1, -0.05) is 0 Å². The van der Waals surface area contributed by atoms with Crippen LogP contribution < -0.4 is 11.3 Å². The van der Waals surface area contributed by atoms with Crippen molar-refractivity contribution in [3.05, 3.63) is 33.2 Å². The second-order valence-electron chi connectivity index (χ2n) is 7.38. The van der Waals surface area contributed by atoms with E-state index in [1.807, 2.05) is 6.07 Å². The number of nitrogens with one attached hydrogen (secondary N) is 1. The van der Waals surface area contributed by atoms with Crippen molar-refractivity contribution >= 4 is 0 Å². The van der Waals surface area contributed by atoms with E-state index in [1.54, 1.807) is 0 Å². The predicted octanol–water partition coefficient (Wildman–Crippen LogP) is 2.68. The molecule has 0 unspecified atom stereocenters. The SMILES string of the molecule is Cc1cc(CN)c(=O)[nH]c1C1C2CC3CC(C2)CC1C3. The van der Waals surface area contributed by atoms with Crippen LogP contribution in [-0.4, -0.2) is 4.98 Å². The summed E-state index contributed by atoms with van der Waals surface area (Å²) in [7, 11) is 0. The molecule has 1 aromatic heterocycles. The fraction of sp³-hybridized carbons (Fsp3) is 0.706. The molecule has 1 aromatic rings. The van der Waals surface area contributed by atoms with E-state index in [0.29, 0.717) is 12.5 Å². The molecule has 4 saturated carbocycles. The van der Waals surface area contributed by atoms with Crippen LogP contribution in [0.2, 0.25) is 0 Å². The molecule has 3 N–H and O–H groups in total. The largest absolute Gasteiger partial charge is 0.326 e. The maximum Gasteiger partial charge on any atom is 0.252 e. The second-order valence-corrected chi connectivity index (χ2v) is 7.38. The number of aryl methyl sites for hydroxylation is 1. The molecule has 1 heterocycles. The average Bonchev–Trinajstić information content (AvgIpc) is 2.41. The summed E-state index contributed by atoms with van der Waals surface area (Å²) in [5.74, 6) is 4.17. The van der Waals surface area contributed by atoms with Crippen LogP contribution in [0.5, 0.6) is 0 Å². The van der Waals surface area contributed by atoms with Gasteiger partial charge in [-0.15, -0.1) is 0 Å². The fourth-order valence-electron chi connectivity index (χ4n) is 5.60. The number of hydrogen-bond donors (Lipinski definition) is 2. The highest BCUT2D eigenvalue weighted by Gasteiger charge is 2.49. The first kappa shape index (κ1) is 12.6. The Balaban J connectivity index is 1.74. The smallest absolute Gasteiger partial charge is 0.252 e. The normalized spacial score (nSPS) is 38.4. The molecule has 0 aliphatic heterocycles. The number of nitrogens with two attached hydrogens (primary N) is 1. The molecular weight excluding hydrogens is 248 g/mol. The van der Waals surface area contributed by atoms with Crippen LogP contribution in [0.1, 0.15) is 54.8 Å². The van der Waals surface area contributed by atoms with Crippen molar-refractivity contribution in [2.24, 2.45) is 29.4 Å². The van der Waals surface area contributed by atoms with Gasteiger partial charge in [0.05, 0.1) is 0 Å². The molecule has 0 atom stereocenters. The first-order chi connectivity index (χ1) is 9.65. The average molecular weight is 272 g/mol. The van der Waals surface area contributed by atoms with Crippen molar-refractivity contribution < 1.29 is 0 Å². The minimum atomic E-state index is 0.0295. The lowest BCUT2D eigenvalue weighted by Gasteiger charge is -2.54. The van der Waals surface area contributed by atoms with Crippen LogP contribution >= 0.6 is 0 Å². The topological polar surface area (TPSA) is 58.9 Å². The van der Waals surface area contributed by atoms with Gasteiger partial charge in [-0.25, -0.2) is 0 Å². The Kier molecular flexibility index (Phi) is 2.81. The molecule has 20 heavy (non-hydrogen) atoms. The predicted molar refractivity (Wildman–Crippen MR) is 79.5 cm³/mol. The molecule has 0 saturated heterocycles. The van der Waals surface area contributed by atoms with E-state index >= 15 is 0 Å². The highest BCUT2D eigenvalue weighted by molar-refractivity contribution is 5.29. The summed E-state index contributed by atoms with van der Waals surface area (Å²) in [6.07, 6.45) is 7.02. The summed E-state index contributed by atoms with van der Waals surface area (Å²) < 4.78 is 0. The molecule has 3 heteroatoms. The van der Waals surface area contributed by atoms with E-state index in [0.717, 1.165) is 29.2 Å². The van der Waals surface area contributed by atoms with E-state index in [2.05, 4.69) is 11.9 Å². The zero-order valence-electron chi connectivity index (χ0n) is 12.2. The van der Waals surface area contributed by atoms with Crippen LogP contribution in [0.3, 0.4) is 0 Å². The molecule has 0 radical (unpaired) electrons. The Bertz CT molecular complexity index is 561. The van der Waals surface area contributed by atoms with E-state index in [-0.39, 0.29) is 5.56 Å². The minimum Gasteiger partial charge on any atom is -0.326 e. The molecule has 0 amide bonds. The Morgan fingerprint density at radius 1 is 1.15 bits per heavy atom. The van der Waals surface area contributed by atoms with Crippen molar-refractivity contribution in [1.29, 1.82) is 0 Å². The molecular formula is C17H24N2O. The van der Waals surface area contributed by atoms with Crippen LogP contribution in [0, 0.1) is 30.6 Å². The van der Waals surface area contributed by atoms with Gasteiger partial charge in [0.25, 0.3) is 5.56 Å². The van der Waals surface area contributed by atoms with E-state index in [9.17, 15) is 4.79 Å². The molecule has 4 fully saturated rings. The van der Waals surface area contributed by atoms with E-state index in [4.69, 9.17) is 5.73 Å². The maximum absolute atomic E-state index is 12.1. The third kappa shape index (κ3) is 1.79.